The first-order chi connectivity index (χ1) is 9.34. The van der Waals surface area contributed by atoms with Crippen molar-refractivity contribution in [1.29, 1.82) is 0 Å². The van der Waals surface area contributed by atoms with Crippen molar-refractivity contribution in [2.24, 2.45) is 5.92 Å². The first-order valence-corrected chi connectivity index (χ1v) is 7.72. The third kappa shape index (κ3) is 2.98. The highest BCUT2D eigenvalue weighted by molar-refractivity contribution is 5.17. The number of aromatic nitrogens is 1. The summed E-state index contributed by atoms with van der Waals surface area (Å²) in [5.74, 6) is 0.825. The van der Waals surface area contributed by atoms with Gasteiger partial charge in [-0.2, -0.15) is 0 Å². The number of pyridine rings is 1. The van der Waals surface area contributed by atoms with E-state index in [1.165, 1.54) is 49.9 Å². The van der Waals surface area contributed by atoms with Crippen LogP contribution >= 0.6 is 0 Å². The van der Waals surface area contributed by atoms with Gasteiger partial charge in [0.25, 0.3) is 0 Å². The van der Waals surface area contributed by atoms with E-state index in [1.807, 2.05) is 12.3 Å². The number of rotatable bonds is 4. The van der Waals surface area contributed by atoms with Gasteiger partial charge >= 0.3 is 0 Å². The van der Waals surface area contributed by atoms with Crippen molar-refractivity contribution in [2.75, 3.05) is 6.54 Å². The average molecular weight is 259 g/mol. The van der Waals surface area contributed by atoms with E-state index in [2.05, 4.69) is 28.6 Å². The molecule has 0 aromatic carbocycles. The summed E-state index contributed by atoms with van der Waals surface area (Å²) >= 11 is 0. The van der Waals surface area contributed by atoms with Crippen LogP contribution in [0.3, 0.4) is 0 Å². The fourth-order valence-electron chi connectivity index (χ4n) is 3.73. The van der Waals surface area contributed by atoms with Crippen molar-refractivity contribution in [1.82, 2.24) is 15.6 Å². The highest BCUT2D eigenvalue weighted by Crippen LogP contribution is 2.32. The Morgan fingerprint density at radius 3 is 3.05 bits per heavy atom. The Hall–Kier alpha value is -0.930. The third-order valence-electron chi connectivity index (χ3n) is 4.83. The molecule has 3 atom stereocenters. The molecule has 1 aliphatic carbocycles. The van der Waals surface area contributed by atoms with E-state index < -0.39 is 0 Å². The molecular formula is C16H25N3. The molecule has 3 nitrogen and oxygen atoms in total. The largest absolute Gasteiger partial charge is 0.314 e. The zero-order chi connectivity index (χ0) is 13.1. The van der Waals surface area contributed by atoms with Gasteiger partial charge in [-0.25, -0.2) is 0 Å². The molecule has 0 spiro atoms. The normalized spacial score (nSPS) is 30.9. The Kier molecular flexibility index (Phi) is 4.14. The lowest BCUT2D eigenvalue weighted by molar-refractivity contribution is 0.319. The van der Waals surface area contributed by atoms with Gasteiger partial charge in [0.1, 0.15) is 0 Å². The molecule has 1 aliphatic heterocycles. The van der Waals surface area contributed by atoms with Crippen LogP contribution in [0.25, 0.3) is 0 Å². The summed E-state index contributed by atoms with van der Waals surface area (Å²) in [4.78, 5) is 4.48. The molecule has 2 fully saturated rings. The second-order valence-electron chi connectivity index (χ2n) is 6.05. The number of nitrogens with one attached hydrogen (secondary N) is 2. The van der Waals surface area contributed by atoms with Crippen molar-refractivity contribution in [2.45, 2.75) is 57.7 Å². The van der Waals surface area contributed by atoms with Crippen molar-refractivity contribution in [3.8, 4) is 0 Å². The number of hydrogen-bond donors (Lipinski definition) is 2. The zero-order valence-electron chi connectivity index (χ0n) is 11.9. The minimum absolute atomic E-state index is 0.678. The van der Waals surface area contributed by atoms with Crippen LogP contribution in [0.2, 0.25) is 0 Å². The van der Waals surface area contributed by atoms with E-state index >= 15 is 0 Å². The Morgan fingerprint density at radius 2 is 2.26 bits per heavy atom. The SMILES string of the molecule is Cc1cccnc1CNC1CCCC1C1CCCN1. The van der Waals surface area contributed by atoms with E-state index in [-0.39, 0.29) is 0 Å². The molecule has 1 saturated carbocycles. The maximum absolute atomic E-state index is 4.48. The predicted octanol–water partition coefficient (Wildman–Crippen LogP) is 2.40. The maximum Gasteiger partial charge on any atom is 0.0570 e. The molecule has 3 unspecified atom stereocenters. The summed E-state index contributed by atoms with van der Waals surface area (Å²) in [6.45, 7) is 4.28. The zero-order valence-corrected chi connectivity index (χ0v) is 11.9. The number of hydrogen-bond acceptors (Lipinski definition) is 3. The minimum atomic E-state index is 0.678. The Morgan fingerprint density at radius 1 is 1.32 bits per heavy atom. The Balaban J connectivity index is 1.58. The summed E-state index contributed by atoms with van der Waals surface area (Å²) < 4.78 is 0. The van der Waals surface area contributed by atoms with Crippen LogP contribution in [-0.2, 0) is 6.54 Å². The molecular weight excluding hydrogens is 234 g/mol. The number of aryl methyl sites for hydroxylation is 1. The van der Waals surface area contributed by atoms with Crippen LogP contribution < -0.4 is 10.6 Å². The van der Waals surface area contributed by atoms with Gasteiger partial charge in [0.15, 0.2) is 0 Å². The lowest BCUT2D eigenvalue weighted by Crippen LogP contribution is -2.41. The molecule has 3 rings (SSSR count). The van der Waals surface area contributed by atoms with Gasteiger partial charge in [-0.15, -0.1) is 0 Å². The van der Waals surface area contributed by atoms with Crippen molar-refractivity contribution in [3.05, 3.63) is 29.6 Å². The molecule has 0 bridgehead atoms. The van der Waals surface area contributed by atoms with Crippen molar-refractivity contribution < 1.29 is 0 Å². The van der Waals surface area contributed by atoms with Gasteiger partial charge in [0.2, 0.25) is 0 Å². The van der Waals surface area contributed by atoms with Gasteiger partial charge in [-0.05, 0) is 56.7 Å². The summed E-state index contributed by atoms with van der Waals surface area (Å²) in [5.41, 5.74) is 2.50. The summed E-state index contributed by atoms with van der Waals surface area (Å²) in [5, 5.41) is 7.45. The van der Waals surface area contributed by atoms with Gasteiger partial charge in [0.05, 0.1) is 5.69 Å². The monoisotopic (exact) mass is 259 g/mol. The van der Waals surface area contributed by atoms with Crippen LogP contribution in [-0.4, -0.2) is 23.6 Å². The summed E-state index contributed by atoms with van der Waals surface area (Å²) in [6, 6.07) is 5.59. The molecule has 104 valence electrons. The van der Waals surface area contributed by atoms with E-state index in [9.17, 15) is 0 Å². The Labute approximate surface area is 116 Å². The van der Waals surface area contributed by atoms with Crippen LogP contribution in [0.15, 0.2) is 18.3 Å². The van der Waals surface area contributed by atoms with Crippen LogP contribution in [0.5, 0.6) is 0 Å². The molecule has 0 amide bonds. The smallest absolute Gasteiger partial charge is 0.0570 e. The lowest BCUT2D eigenvalue weighted by atomic mass is 9.93. The van der Waals surface area contributed by atoms with E-state index in [4.69, 9.17) is 0 Å². The minimum Gasteiger partial charge on any atom is -0.314 e. The molecule has 1 saturated heterocycles. The van der Waals surface area contributed by atoms with Crippen LogP contribution in [0.4, 0.5) is 0 Å². The molecule has 2 N–H and O–H groups in total. The van der Waals surface area contributed by atoms with Crippen molar-refractivity contribution >= 4 is 0 Å². The van der Waals surface area contributed by atoms with Gasteiger partial charge in [-0.3, -0.25) is 4.98 Å². The summed E-state index contributed by atoms with van der Waals surface area (Å²) in [7, 11) is 0. The summed E-state index contributed by atoms with van der Waals surface area (Å²) in [6.07, 6.45) is 8.71. The molecule has 1 aromatic heterocycles. The lowest BCUT2D eigenvalue weighted by Gasteiger charge is -2.26. The second kappa shape index (κ2) is 6.02. The van der Waals surface area contributed by atoms with Gasteiger partial charge in [0, 0.05) is 24.8 Å². The average Bonchev–Trinajstić information content (AvgIpc) is 3.08. The second-order valence-corrected chi connectivity index (χ2v) is 6.05. The highest BCUT2D eigenvalue weighted by atomic mass is 15.0. The fourth-order valence-corrected chi connectivity index (χ4v) is 3.73. The maximum atomic E-state index is 4.48. The molecule has 3 heteroatoms. The first kappa shape index (κ1) is 13.1. The van der Waals surface area contributed by atoms with Crippen LogP contribution in [0.1, 0.15) is 43.4 Å². The van der Waals surface area contributed by atoms with Crippen molar-refractivity contribution in [3.63, 3.8) is 0 Å². The number of nitrogens with zero attached hydrogens (tertiary/aromatic N) is 1. The quantitative estimate of drug-likeness (QED) is 0.872. The van der Waals surface area contributed by atoms with E-state index in [1.54, 1.807) is 0 Å². The standard InChI is InChI=1S/C16H25N3/c1-12-5-3-9-18-16(12)11-19-15-7-2-6-13(15)14-8-4-10-17-14/h3,5,9,13-15,17,19H,2,4,6-8,10-11H2,1H3. The Bertz CT molecular complexity index is 412. The molecule has 1 aromatic rings. The molecule has 19 heavy (non-hydrogen) atoms. The molecule has 2 heterocycles. The highest BCUT2D eigenvalue weighted by Gasteiger charge is 2.34. The van der Waals surface area contributed by atoms with Crippen LogP contribution in [0, 0.1) is 12.8 Å². The third-order valence-corrected chi connectivity index (χ3v) is 4.83. The molecule has 2 aliphatic rings. The first-order valence-electron chi connectivity index (χ1n) is 7.72. The van der Waals surface area contributed by atoms with Gasteiger partial charge in [-0.1, -0.05) is 12.5 Å². The topological polar surface area (TPSA) is 37.0 Å². The predicted molar refractivity (Wildman–Crippen MR) is 78.0 cm³/mol. The van der Waals surface area contributed by atoms with E-state index in [0.717, 1.165) is 18.5 Å². The van der Waals surface area contributed by atoms with Gasteiger partial charge < -0.3 is 10.6 Å². The molecule has 0 radical (unpaired) electrons. The fraction of sp³-hybridized carbons (Fsp3) is 0.688. The van der Waals surface area contributed by atoms with E-state index in [0.29, 0.717) is 6.04 Å².